The molecule has 0 aliphatic carbocycles. The van der Waals surface area contributed by atoms with E-state index >= 15 is 0 Å². The molecule has 0 spiro atoms. The summed E-state index contributed by atoms with van der Waals surface area (Å²) in [5.41, 5.74) is 6.50. The second kappa shape index (κ2) is 7.36. The van der Waals surface area contributed by atoms with Gasteiger partial charge in [0.2, 0.25) is 0 Å². The molecule has 2 aliphatic rings. The van der Waals surface area contributed by atoms with E-state index in [9.17, 15) is 4.79 Å². The van der Waals surface area contributed by atoms with E-state index in [2.05, 4.69) is 25.3 Å². The molecule has 5 heterocycles. The van der Waals surface area contributed by atoms with Crippen molar-refractivity contribution in [2.45, 2.75) is 12.5 Å². The van der Waals surface area contributed by atoms with E-state index in [0.29, 0.717) is 11.4 Å². The van der Waals surface area contributed by atoms with Crippen molar-refractivity contribution in [3.8, 4) is 28.3 Å². The molecule has 34 heavy (non-hydrogen) atoms. The second-order valence-electron chi connectivity index (χ2n) is 8.61. The number of nitrogens with zero attached hydrogens (tertiary/aromatic N) is 3. The second-order valence-corrected chi connectivity index (χ2v) is 8.61. The molecule has 5 aromatic rings. The molecule has 3 aromatic heterocycles. The molecule has 1 saturated heterocycles. The number of carbonyl (C=O) groups excluding carboxylic acids is 1. The van der Waals surface area contributed by atoms with Gasteiger partial charge in [0.1, 0.15) is 23.3 Å². The molecule has 1 fully saturated rings. The lowest BCUT2D eigenvalue weighted by molar-refractivity contribution is 0.101. The van der Waals surface area contributed by atoms with Crippen molar-refractivity contribution in [2.24, 2.45) is 4.99 Å². The average molecular weight is 448 g/mol. The molecule has 1 atom stereocenters. The molecule has 8 nitrogen and oxygen atoms in total. The minimum atomic E-state index is -0.261. The number of hydrogen-bond donors (Lipinski definition) is 3. The molecule has 8 heteroatoms. The van der Waals surface area contributed by atoms with Crippen LogP contribution in [0, 0.1) is 0 Å². The molecule has 3 N–H and O–H groups in total. The van der Waals surface area contributed by atoms with E-state index in [1.54, 1.807) is 12.4 Å². The lowest BCUT2D eigenvalue weighted by atomic mass is 9.93. The molecule has 0 bridgehead atoms. The quantitative estimate of drug-likeness (QED) is 0.384. The van der Waals surface area contributed by atoms with E-state index in [1.807, 2.05) is 48.7 Å². The predicted molar refractivity (Wildman–Crippen MR) is 130 cm³/mol. The number of ether oxygens (including phenoxy) is 1. The molecule has 2 aromatic carbocycles. The first-order valence-electron chi connectivity index (χ1n) is 11.3. The van der Waals surface area contributed by atoms with Crippen LogP contribution in [0.2, 0.25) is 0 Å². The molecule has 166 valence electrons. The fourth-order valence-corrected chi connectivity index (χ4v) is 4.89. The van der Waals surface area contributed by atoms with Gasteiger partial charge in [-0.1, -0.05) is 6.07 Å². The molecular weight excluding hydrogens is 428 g/mol. The van der Waals surface area contributed by atoms with Crippen LogP contribution in [-0.4, -0.2) is 51.3 Å². The van der Waals surface area contributed by atoms with Crippen LogP contribution >= 0.6 is 0 Å². The fraction of sp³-hybridized carbons (Fsp3) is 0.154. The maximum atomic E-state index is 12.8. The summed E-state index contributed by atoms with van der Waals surface area (Å²) in [7, 11) is 0. The number of aromatic amines is 2. The largest absolute Gasteiger partial charge is 0.489 e. The van der Waals surface area contributed by atoms with Gasteiger partial charge in [-0.3, -0.25) is 4.79 Å². The zero-order valence-electron chi connectivity index (χ0n) is 18.1. The zero-order chi connectivity index (χ0) is 22.6. The Morgan fingerprint density at radius 3 is 2.91 bits per heavy atom. The first-order valence-corrected chi connectivity index (χ1v) is 11.3. The van der Waals surface area contributed by atoms with Gasteiger partial charge < -0.3 is 20.0 Å². The Kier molecular flexibility index (Phi) is 4.16. The highest BCUT2D eigenvalue weighted by Crippen LogP contribution is 2.37. The highest BCUT2D eigenvalue weighted by molar-refractivity contribution is 6.20. The molecule has 1 unspecified atom stereocenters. The number of benzene rings is 2. The molecular formula is C26H20N6O2. The number of pyridine rings is 1. The molecule has 1 amide bonds. The number of hydrogen-bond acceptors (Lipinski definition) is 5. The Morgan fingerprint density at radius 2 is 2.00 bits per heavy atom. The Morgan fingerprint density at radius 1 is 1.06 bits per heavy atom. The van der Waals surface area contributed by atoms with Crippen LogP contribution in [0.4, 0.5) is 0 Å². The number of rotatable bonds is 4. The van der Waals surface area contributed by atoms with Crippen LogP contribution in [0.1, 0.15) is 22.3 Å². The van der Waals surface area contributed by atoms with Crippen LogP contribution in [-0.2, 0) is 0 Å². The summed E-state index contributed by atoms with van der Waals surface area (Å²) in [6.07, 6.45) is 6.51. The van der Waals surface area contributed by atoms with Gasteiger partial charge in [-0.25, -0.2) is 15.0 Å². The highest BCUT2D eigenvalue weighted by atomic mass is 16.5. The van der Waals surface area contributed by atoms with E-state index in [1.165, 1.54) is 0 Å². The number of imidazole rings is 1. The Balaban J connectivity index is 1.32. The lowest BCUT2D eigenvalue weighted by Crippen LogP contribution is -2.19. The van der Waals surface area contributed by atoms with Crippen molar-refractivity contribution in [1.82, 2.24) is 25.3 Å². The van der Waals surface area contributed by atoms with Crippen LogP contribution in [0.25, 0.3) is 44.6 Å². The predicted octanol–water partition coefficient (Wildman–Crippen LogP) is 4.09. The van der Waals surface area contributed by atoms with E-state index in [0.717, 1.165) is 69.6 Å². The Labute approximate surface area is 194 Å². The third-order valence-corrected chi connectivity index (χ3v) is 6.54. The minimum absolute atomic E-state index is 0.185. The van der Waals surface area contributed by atoms with Crippen LogP contribution in [0.3, 0.4) is 0 Å². The van der Waals surface area contributed by atoms with Gasteiger partial charge in [0.05, 0.1) is 16.6 Å². The van der Waals surface area contributed by atoms with Gasteiger partial charge in [0, 0.05) is 53.3 Å². The summed E-state index contributed by atoms with van der Waals surface area (Å²) in [6, 6.07) is 13.7. The summed E-state index contributed by atoms with van der Waals surface area (Å²) in [4.78, 5) is 32.7. The fourth-order valence-electron chi connectivity index (χ4n) is 4.89. The van der Waals surface area contributed by atoms with Crippen molar-refractivity contribution in [2.75, 3.05) is 13.1 Å². The molecule has 2 aliphatic heterocycles. The van der Waals surface area contributed by atoms with E-state index in [-0.39, 0.29) is 12.0 Å². The first-order chi connectivity index (χ1) is 16.7. The van der Waals surface area contributed by atoms with Gasteiger partial charge in [-0.05, 0) is 48.9 Å². The minimum Gasteiger partial charge on any atom is -0.489 e. The van der Waals surface area contributed by atoms with Crippen molar-refractivity contribution in [3.05, 3.63) is 66.0 Å². The topological polar surface area (TPSA) is 108 Å². The first kappa shape index (κ1) is 19.2. The average Bonchev–Trinajstić information content (AvgIpc) is 3.65. The molecule has 0 saturated carbocycles. The lowest BCUT2D eigenvalue weighted by Gasteiger charge is -2.11. The number of H-pyrrole nitrogens is 2. The van der Waals surface area contributed by atoms with Gasteiger partial charge in [-0.2, -0.15) is 0 Å². The van der Waals surface area contributed by atoms with Gasteiger partial charge >= 0.3 is 0 Å². The summed E-state index contributed by atoms with van der Waals surface area (Å²) in [5.74, 6) is 1.18. The number of aliphatic imine (C=N–C) groups is 1. The maximum Gasteiger partial charge on any atom is 0.278 e. The standard InChI is InChI=1S/C26H20N6O2/c33-26-23-18(25-31-21-6-3-14(10-22(21)32-25)34-15-7-9-27-11-15)5-4-16(20(23)13-30-26)19-12-29-24-17(19)2-1-8-28-24/h1-6,8,10,12-13,15,27H,7,9,11H2,(H,28,29)(H,31,32). The van der Waals surface area contributed by atoms with Crippen molar-refractivity contribution < 1.29 is 9.53 Å². The number of fused-ring (bicyclic) bond motifs is 3. The SMILES string of the molecule is O=C1N=Cc2c(-c3c[nH]c4ncccc34)ccc(-c3nc4ccc(OC5CCNC5)cc4[nH]3)c21. The zero-order valence-corrected chi connectivity index (χ0v) is 18.1. The third-order valence-electron chi connectivity index (χ3n) is 6.54. The number of carbonyl (C=O) groups is 1. The van der Waals surface area contributed by atoms with Crippen LogP contribution in [0.5, 0.6) is 5.75 Å². The Bertz CT molecular complexity index is 1620. The molecule has 7 rings (SSSR count). The smallest absolute Gasteiger partial charge is 0.278 e. The summed E-state index contributed by atoms with van der Waals surface area (Å²) in [6.45, 7) is 1.84. The van der Waals surface area contributed by atoms with Gasteiger partial charge in [0.25, 0.3) is 5.91 Å². The van der Waals surface area contributed by atoms with E-state index < -0.39 is 0 Å². The van der Waals surface area contributed by atoms with E-state index in [4.69, 9.17) is 9.72 Å². The maximum absolute atomic E-state index is 12.8. The monoisotopic (exact) mass is 448 g/mol. The van der Waals surface area contributed by atoms with Gasteiger partial charge in [-0.15, -0.1) is 0 Å². The van der Waals surface area contributed by atoms with Crippen LogP contribution in [0.15, 0.2) is 59.9 Å². The number of nitrogens with one attached hydrogen (secondary N) is 3. The number of amides is 1. The van der Waals surface area contributed by atoms with Crippen molar-refractivity contribution in [3.63, 3.8) is 0 Å². The normalized spacial score (nSPS) is 17.2. The highest BCUT2D eigenvalue weighted by Gasteiger charge is 2.26. The summed E-state index contributed by atoms with van der Waals surface area (Å²) in [5, 5.41) is 4.31. The summed E-state index contributed by atoms with van der Waals surface area (Å²) >= 11 is 0. The molecule has 0 radical (unpaired) electrons. The summed E-state index contributed by atoms with van der Waals surface area (Å²) < 4.78 is 6.09. The van der Waals surface area contributed by atoms with Crippen molar-refractivity contribution in [1.29, 1.82) is 0 Å². The van der Waals surface area contributed by atoms with Crippen molar-refractivity contribution >= 4 is 34.2 Å². The Hall–Kier alpha value is -4.30. The third kappa shape index (κ3) is 2.96. The van der Waals surface area contributed by atoms with Crippen LogP contribution < -0.4 is 10.1 Å². The van der Waals surface area contributed by atoms with Gasteiger partial charge in [0.15, 0.2) is 0 Å². The number of aromatic nitrogens is 4.